The van der Waals surface area contributed by atoms with Gasteiger partial charge in [-0.15, -0.1) is 0 Å². The molecular formula is C27H32NO3. The molecular weight excluding hydrogens is 386 g/mol. The minimum absolute atomic E-state index is 0.0181. The van der Waals surface area contributed by atoms with Crippen LogP contribution in [0.5, 0.6) is 11.5 Å². The molecule has 2 atom stereocenters. The molecule has 2 aromatic carbocycles. The van der Waals surface area contributed by atoms with Crippen molar-refractivity contribution in [1.29, 1.82) is 0 Å². The third-order valence-electron chi connectivity index (χ3n) is 6.28. The number of aromatic nitrogens is 1. The SMILES string of the molecule is C[C](C)C(Cc1cnc([C@@H](c2ccccc2O)C2CCCCC2)o1)Oc1ccccc1. The van der Waals surface area contributed by atoms with Crippen LogP contribution in [0.4, 0.5) is 0 Å². The van der Waals surface area contributed by atoms with Gasteiger partial charge in [-0.2, -0.15) is 0 Å². The highest BCUT2D eigenvalue weighted by Crippen LogP contribution is 2.43. The van der Waals surface area contributed by atoms with Crippen LogP contribution in [0.3, 0.4) is 0 Å². The van der Waals surface area contributed by atoms with Crippen molar-refractivity contribution in [1.82, 2.24) is 4.98 Å². The first-order valence-electron chi connectivity index (χ1n) is 11.4. The molecule has 1 saturated carbocycles. The van der Waals surface area contributed by atoms with E-state index in [1.165, 1.54) is 25.2 Å². The zero-order valence-electron chi connectivity index (χ0n) is 18.5. The molecule has 1 unspecified atom stereocenters. The number of aromatic hydroxyl groups is 1. The second kappa shape index (κ2) is 10.0. The van der Waals surface area contributed by atoms with Gasteiger partial charge in [0.25, 0.3) is 0 Å². The van der Waals surface area contributed by atoms with Crippen LogP contribution in [-0.4, -0.2) is 16.2 Å². The van der Waals surface area contributed by atoms with E-state index < -0.39 is 0 Å². The fourth-order valence-corrected chi connectivity index (χ4v) is 4.58. The van der Waals surface area contributed by atoms with Gasteiger partial charge in [-0.05, 0) is 37.0 Å². The minimum atomic E-state index is -0.0820. The van der Waals surface area contributed by atoms with Gasteiger partial charge in [0.15, 0.2) is 0 Å². The van der Waals surface area contributed by atoms with E-state index in [-0.39, 0.29) is 12.0 Å². The largest absolute Gasteiger partial charge is 0.508 e. The molecule has 4 rings (SSSR count). The summed E-state index contributed by atoms with van der Waals surface area (Å²) < 4.78 is 12.5. The van der Waals surface area contributed by atoms with E-state index in [0.717, 1.165) is 29.9 Å². The lowest BCUT2D eigenvalue weighted by Crippen LogP contribution is -2.24. The number of phenols is 1. The highest BCUT2D eigenvalue weighted by atomic mass is 16.5. The average Bonchev–Trinajstić information content (AvgIpc) is 3.24. The molecule has 163 valence electrons. The van der Waals surface area contributed by atoms with Gasteiger partial charge in [0, 0.05) is 17.9 Å². The lowest BCUT2D eigenvalue weighted by atomic mass is 9.76. The van der Waals surface area contributed by atoms with Crippen LogP contribution in [0.2, 0.25) is 0 Å². The van der Waals surface area contributed by atoms with E-state index in [1.807, 2.05) is 54.7 Å². The van der Waals surface area contributed by atoms with Gasteiger partial charge in [0.1, 0.15) is 23.4 Å². The van der Waals surface area contributed by atoms with Gasteiger partial charge in [-0.25, -0.2) is 4.98 Å². The second-order valence-corrected chi connectivity index (χ2v) is 8.80. The summed E-state index contributed by atoms with van der Waals surface area (Å²) >= 11 is 0. The zero-order chi connectivity index (χ0) is 21.6. The van der Waals surface area contributed by atoms with Crippen molar-refractivity contribution >= 4 is 0 Å². The molecule has 1 N–H and O–H groups in total. The number of ether oxygens (including phenoxy) is 1. The topological polar surface area (TPSA) is 55.5 Å². The highest BCUT2D eigenvalue weighted by Gasteiger charge is 2.32. The molecule has 0 saturated heterocycles. The van der Waals surface area contributed by atoms with Gasteiger partial charge >= 0.3 is 0 Å². The Labute approximate surface area is 185 Å². The van der Waals surface area contributed by atoms with E-state index in [1.54, 1.807) is 6.07 Å². The molecule has 1 aromatic heterocycles. The van der Waals surface area contributed by atoms with E-state index >= 15 is 0 Å². The first-order valence-corrected chi connectivity index (χ1v) is 11.4. The van der Waals surface area contributed by atoms with Crippen LogP contribution < -0.4 is 4.74 Å². The Morgan fingerprint density at radius 2 is 1.74 bits per heavy atom. The van der Waals surface area contributed by atoms with Gasteiger partial charge in [-0.3, -0.25) is 0 Å². The normalized spacial score (nSPS) is 16.9. The molecule has 1 aliphatic carbocycles. The van der Waals surface area contributed by atoms with Gasteiger partial charge in [0.05, 0.1) is 12.1 Å². The van der Waals surface area contributed by atoms with Crippen molar-refractivity contribution in [3.8, 4) is 11.5 Å². The molecule has 0 aliphatic heterocycles. The highest BCUT2D eigenvalue weighted by molar-refractivity contribution is 5.38. The van der Waals surface area contributed by atoms with Crippen molar-refractivity contribution < 1.29 is 14.3 Å². The Hall–Kier alpha value is -2.75. The number of para-hydroxylation sites is 2. The number of benzene rings is 2. The molecule has 1 radical (unpaired) electrons. The van der Waals surface area contributed by atoms with Crippen LogP contribution in [0.25, 0.3) is 0 Å². The lowest BCUT2D eigenvalue weighted by molar-refractivity contribution is 0.204. The molecule has 1 aliphatic rings. The van der Waals surface area contributed by atoms with Crippen molar-refractivity contribution in [3.63, 3.8) is 0 Å². The van der Waals surface area contributed by atoms with Gasteiger partial charge in [-0.1, -0.05) is 69.5 Å². The second-order valence-electron chi connectivity index (χ2n) is 8.80. The number of oxazole rings is 1. The number of phenolic OH excluding ortho intramolecular Hbond substituents is 1. The summed E-state index contributed by atoms with van der Waals surface area (Å²) in [5.74, 6) is 4.29. The summed E-state index contributed by atoms with van der Waals surface area (Å²) in [5.41, 5.74) is 0.915. The molecule has 3 aromatic rings. The Balaban J connectivity index is 1.57. The van der Waals surface area contributed by atoms with E-state index in [9.17, 15) is 5.11 Å². The zero-order valence-corrected chi connectivity index (χ0v) is 18.5. The van der Waals surface area contributed by atoms with Crippen LogP contribution in [0.15, 0.2) is 65.2 Å². The maximum atomic E-state index is 10.6. The van der Waals surface area contributed by atoms with Crippen molar-refractivity contribution in [2.45, 2.75) is 64.4 Å². The summed E-state index contributed by atoms with van der Waals surface area (Å²) in [5, 5.41) is 10.6. The summed E-state index contributed by atoms with van der Waals surface area (Å²) in [6.07, 6.45) is 8.37. The fourth-order valence-electron chi connectivity index (χ4n) is 4.58. The Morgan fingerprint density at radius 3 is 2.45 bits per heavy atom. The lowest BCUT2D eigenvalue weighted by Gasteiger charge is -2.29. The minimum Gasteiger partial charge on any atom is -0.508 e. The van der Waals surface area contributed by atoms with E-state index in [4.69, 9.17) is 9.15 Å². The predicted octanol–water partition coefficient (Wildman–Crippen LogP) is 6.70. The predicted molar refractivity (Wildman–Crippen MR) is 122 cm³/mol. The monoisotopic (exact) mass is 418 g/mol. The average molecular weight is 419 g/mol. The van der Waals surface area contributed by atoms with Crippen LogP contribution in [0, 0.1) is 11.8 Å². The third-order valence-corrected chi connectivity index (χ3v) is 6.28. The van der Waals surface area contributed by atoms with Gasteiger partial charge < -0.3 is 14.3 Å². The molecule has 4 heteroatoms. The molecule has 0 amide bonds. The summed E-state index contributed by atoms with van der Waals surface area (Å²) in [4.78, 5) is 4.69. The Kier molecular flexibility index (Phi) is 6.96. The molecule has 1 fully saturated rings. The van der Waals surface area contributed by atoms with Crippen LogP contribution in [0.1, 0.15) is 69.1 Å². The van der Waals surface area contributed by atoms with E-state index in [0.29, 0.717) is 24.0 Å². The van der Waals surface area contributed by atoms with Crippen molar-refractivity contribution in [3.05, 3.63) is 83.9 Å². The first kappa shape index (κ1) is 21.5. The summed E-state index contributed by atoms with van der Waals surface area (Å²) in [7, 11) is 0. The van der Waals surface area contributed by atoms with E-state index in [2.05, 4.69) is 18.8 Å². The number of hydrogen-bond donors (Lipinski definition) is 1. The maximum Gasteiger partial charge on any atom is 0.202 e. The Bertz CT molecular complexity index is 944. The van der Waals surface area contributed by atoms with Crippen LogP contribution in [-0.2, 0) is 6.42 Å². The molecule has 1 heterocycles. The first-order chi connectivity index (χ1) is 15.1. The summed E-state index contributed by atoms with van der Waals surface area (Å²) in [6.45, 7) is 4.16. The smallest absolute Gasteiger partial charge is 0.202 e. The standard InChI is InChI=1S/C27H32NO3/c1-19(2)25(30-21-13-7-4-8-14-21)17-22-18-28-27(31-22)26(20-11-5-3-6-12-20)23-15-9-10-16-24(23)29/h4,7-10,13-16,18,20,25-26,29H,3,5-6,11-12,17H2,1-2H3/t25?,26-/m1/s1. The number of rotatable bonds is 8. The number of hydrogen-bond acceptors (Lipinski definition) is 4. The van der Waals surface area contributed by atoms with Crippen molar-refractivity contribution in [2.75, 3.05) is 0 Å². The third kappa shape index (κ3) is 5.30. The van der Waals surface area contributed by atoms with Crippen molar-refractivity contribution in [2.24, 2.45) is 5.92 Å². The quantitative estimate of drug-likeness (QED) is 0.442. The fraction of sp³-hybridized carbons (Fsp3) is 0.407. The van der Waals surface area contributed by atoms with Gasteiger partial charge in [0.2, 0.25) is 5.89 Å². The molecule has 4 nitrogen and oxygen atoms in total. The molecule has 0 spiro atoms. The molecule has 31 heavy (non-hydrogen) atoms. The number of nitrogens with zero attached hydrogens (tertiary/aromatic N) is 1. The molecule has 0 bridgehead atoms. The Morgan fingerprint density at radius 1 is 1.03 bits per heavy atom. The summed E-state index contributed by atoms with van der Waals surface area (Å²) in [6, 6.07) is 17.5. The maximum absolute atomic E-state index is 10.6. The van der Waals surface area contributed by atoms with Crippen LogP contribution >= 0.6 is 0 Å².